The first-order valence-electron chi connectivity index (χ1n) is 11.0. The van der Waals surface area contributed by atoms with Gasteiger partial charge < -0.3 is 19.7 Å². The van der Waals surface area contributed by atoms with Crippen molar-refractivity contribution >= 4 is 17.5 Å². The number of amides is 2. The van der Waals surface area contributed by atoms with Crippen molar-refractivity contribution in [3.8, 4) is 5.75 Å². The van der Waals surface area contributed by atoms with E-state index in [4.69, 9.17) is 9.47 Å². The largest absolute Gasteiger partial charge is 0.496 e. The zero-order valence-electron chi connectivity index (χ0n) is 18.2. The normalized spacial score (nSPS) is 23.6. The highest BCUT2D eigenvalue weighted by atomic mass is 16.5. The van der Waals surface area contributed by atoms with Crippen molar-refractivity contribution in [1.29, 1.82) is 0 Å². The Morgan fingerprint density at radius 3 is 2.65 bits per heavy atom. The number of nitrogens with zero attached hydrogens (tertiary/aromatic N) is 1. The molecule has 0 spiro atoms. The van der Waals surface area contributed by atoms with Crippen molar-refractivity contribution in [2.45, 2.75) is 44.8 Å². The summed E-state index contributed by atoms with van der Waals surface area (Å²) in [6.45, 7) is 3.27. The fourth-order valence-electron chi connectivity index (χ4n) is 4.59. The summed E-state index contributed by atoms with van der Waals surface area (Å²) in [5.41, 5.74) is 2.76. The lowest BCUT2D eigenvalue weighted by Gasteiger charge is -2.41. The van der Waals surface area contributed by atoms with Gasteiger partial charge in [-0.15, -0.1) is 0 Å². The van der Waals surface area contributed by atoms with Crippen LogP contribution in [0.5, 0.6) is 5.75 Å². The first kappa shape index (κ1) is 21.4. The fourth-order valence-corrected chi connectivity index (χ4v) is 4.59. The first-order valence-corrected chi connectivity index (χ1v) is 11.0. The fraction of sp³-hybridized carbons (Fsp3) is 0.440. The van der Waals surface area contributed by atoms with Gasteiger partial charge in [-0.05, 0) is 44.4 Å². The van der Waals surface area contributed by atoms with Crippen LogP contribution >= 0.6 is 0 Å². The number of rotatable bonds is 6. The molecular formula is C25H30N2O4. The number of para-hydroxylation sites is 1. The molecule has 2 aromatic rings. The van der Waals surface area contributed by atoms with Crippen LogP contribution in [0.2, 0.25) is 0 Å². The van der Waals surface area contributed by atoms with Gasteiger partial charge in [0.1, 0.15) is 5.75 Å². The van der Waals surface area contributed by atoms with Gasteiger partial charge in [0, 0.05) is 30.8 Å². The Morgan fingerprint density at radius 1 is 1.16 bits per heavy atom. The number of methoxy groups -OCH3 is 1. The summed E-state index contributed by atoms with van der Waals surface area (Å²) < 4.78 is 11.3. The number of carbonyl (C=O) groups excluding carboxylic acids is 2. The maximum absolute atomic E-state index is 13.3. The summed E-state index contributed by atoms with van der Waals surface area (Å²) in [4.78, 5) is 28.2. The van der Waals surface area contributed by atoms with Crippen LogP contribution in [0.3, 0.4) is 0 Å². The molecule has 6 nitrogen and oxygen atoms in total. The monoisotopic (exact) mass is 422 g/mol. The van der Waals surface area contributed by atoms with Crippen LogP contribution in [-0.4, -0.2) is 38.2 Å². The average molecular weight is 423 g/mol. The smallest absolute Gasteiger partial charge is 0.227 e. The molecule has 31 heavy (non-hydrogen) atoms. The highest BCUT2D eigenvalue weighted by Crippen LogP contribution is 2.43. The van der Waals surface area contributed by atoms with E-state index in [1.165, 1.54) is 0 Å². The molecule has 4 rings (SSSR count). The molecule has 0 radical (unpaired) electrons. The van der Waals surface area contributed by atoms with Gasteiger partial charge in [-0.2, -0.15) is 0 Å². The van der Waals surface area contributed by atoms with Crippen molar-refractivity contribution in [2.24, 2.45) is 5.92 Å². The van der Waals surface area contributed by atoms with Crippen molar-refractivity contribution in [2.75, 3.05) is 25.2 Å². The van der Waals surface area contributed by atoms with Crippen LogP contribution in [0.15, 0.2) is 48.5 Å². The number of anilines is 1. The third-order valence-corrected chi connectivity index (χ3v) is 6.23. The van der Waals surface area contributed by atoms with E-state index in [2.05, 4.69) is 5.32 Å². The molecule has 3 atom stereocenters. The number of aryl methyl sites for hydroxylation is 1. The van der Waals surface area contributed by atoms with Crippen molar-refractivity contribution in [1.82, 2.24) is 5.32 Å². The minimum Gasteiger partial charge on any atom is -0.496 e. The molecule has 164 valence electrons. The third-order valence-electron chi connectivity index (χ3n) is 6.23. The Kier molecular flexibility index (Phi) is 6.56. The summed E-state index contributed by atoms with van der Waals surface area (Å²) in [6.07, 6.45) is 2.91. The maximum Gasteiger partial charge on any atom is 0.227 e. The molecule has 2 aromatic carbocycles. The van der Waals surface area contributed by atoms with Crippen LogP contribution in [0, 0.1) is 12.8 Å². The average Bonchev–Trinajstić information content (AvgIpc) is 3.31. The van der Waals surface area contributed by atoms with E-state index in [-0.39, 0.29) is 23.8 Å². The van der Waals surface area contributed by atoms with Gasteiger partial charge in [0.2, 0.25) is 11.8 Å². The molecule has 2 amide bonds. The van der Waals surface area contributed by atoms with Crippen molar-refractivity contribution in [3.63, 3.8) is 0 Å². The molecular weight excluding hydrogens is 392 g/mol. The van der Waals surface area contributed by atoms with Gasteiger partial charge in [-0.25, -0.2) is 0 Å². The highest BCUT2D eigenvalue weighted by molar-refractivity contribution is 5.97. The molecule has 1 N–H and O–H groups in total. The Hall–Kier alpha value is -2.86. The summed E-state index contributed by atoms with van der Waals surface area (Å²) >= 11 is 0. The van der Waals surface area contributed by atoms with Gasteiger partial charge in [0.25, 0.3) is 0 Å². The van der Waals surface area contributed by atoms with Crippen LogP contribution in [0.1, 0.15) is 42.9 Å². The molecule has 2 fully saturated rings. The number of hydrogen-bond donors (Lipinski definition) is 1. The number of hydrogen-bond acceptors (Lipinski definition) is 4. The van der Waals surface area contributed by atoms with Gasteiger partial charge >= 0.3 is 0 Å². The highest BCUT2D eigenvalue weighted by Gasteiger charge is 2.42. The summed E-state index contributed by atoms with van der Waals surface area (Å²) in [7, 11) is 1.62. The second kappa shape index (κ2) is 9.52. The van der Waals surface area contributed by atoms with E-state index in [9.17, 15) is 9.59 Å². The number of benzene rings is 2. The summed E-state index contributed by atoms with van der Waals surface area (Å²) in [6, 6.07) is 15.1. The Labute approximate surface area is 183 Å². The summed E-state index contributed by atoms with van der Waals surface area (Å²) in [5, 5.41) is 3.08. The van der Waals surface area contributed by atoms with E-state index < -0.39 is 6.04 Å². The molecule has 0 saturated carbocycles. The number of carbonyl (C=O) groups is 2. The van der Waals surface area contributed by atoms with E-state index in [1.54, 1.807) is 12.0 Å². The lowest BCUT2D eigenvalue weighted by atomic mass is 9.82. The van der Waals surface area contributed by atoms with Gasteiger partial charge in [-0.3, -0.25) is 9.59 Å². The molecule has 2 saturated heterocycles. The third kappa shape index (κ3) is 4.59. The molecule has 2 aliphatic heterocycles. The van der Waals surface area contributed by atoms with E-state index >= 15 is 0 Å². The van der Waals surface area contributed by atoms with E-state index in [1.807, 2.05) is 55.5 Å². The standard InChI is InChI=1S/C25H30N2O4/c1-17-9-11-18(12-10-17)27-23(28)14-13-21(25(29)26-16-19-6-5-15-31-19)24(27)20-7-3-4-8-22(20)30-2/h3-4,7-12,19,21,24H,5-6,13-16H2,1-2H3,(H,26,29). The minimum absolute atomic E-state index is 0.0166. The quantitative estimate of drug-likeness (QED) is 0.769. The number of nitrogens with one attached hydrogen (secondary N) is 1. The molecule has 0 bridgehead atoms. The van der Waals surface area contributed by atoms with Crippen LogP contribution < -0.4 is 15.0 Å². The molecule has 6 heteroatoms. The van der Waals surface area contributed by atoms with Crippen molar-refractivity contribution < 1.29 is 19.1 Å². The predicted octanol–water partition coefficient (Wildman–Crippen LogP) is 3.78. The second-order valence-corrected chi connectivity index (χ2v) is 8.31. The molecule has 3 unspecified atom stereocenters. The van der Waals surface area contributed by atoms with Crippen LogP contribution in [0.25, 0.3) is 0 Å². The molecule has 2 heterocycles. The first-order chi connectivity index (χ1) is 15.1. The van der Waals surface area contributed by atoms with E-state index in [0.29, 0.717) is 25.1 Å². The predicted molar refractivity (Wildman–Crippen MR) is 119 cm³/mol. The topological polar surface area (TPSA) is 67.9 Å². The minimum atomic E-state index is -0.440. The van der Waals surface area contributed by atoms with Crippen LogP contribution in [0.4, 0.5) is 5.69 Å². The van der Waals surface area contributed by atoms with Gasteiger partial charge in [0.15, 0.2) is 0 Å². The van der Waals surface area contributed by atoms with Gasteiger partial charge in [-0.1, -0.05) is 35.9 Å². The van der Waals surface area contributed by atoms with E-state index in [0.717, 1.165) is 36.3 Å². The Morgan fingerprint density at radius 2 is 1.94 bits per heavy atom. The maximum atomic E-state index is 13.3. The van der Waals surface area contributed by atoms with Gasteiger partial charge in [0.05, 0.1) is 25.2 Å². The molecule has 0 aromatic heterocycles. The SMILES string of the molecule is COc1ccccc1C1C(C(=O)NCC2CCCO2)CCC(=O)N1c1ccc(C)cc1. The number of piperidine rings is 1. The molecule has 0 aliphatic carbocycles. The zero-order chi connectivity index (χ0) is 21.8. The number of ether oxygens (including phenoxy) is 2. The van der Waals surface area contributed by atoms with Crippen molar-refractivity contribution in [3.05, 3.63) is 59.7 Å². The Balaban J connectivity index is 1.69. The Bertz CT molecular complexity index is 921. The summed E-state index contributed by atoms with van der Waals surface area (Å²) in [5.74, 6) is 0.270. The lowest BCUT2D eigenvalue weighted by Crippen LogP contribution is -2.49. The van der Waals surface area contributed by atoms with Crippen LogP contribution in [-0.2, 0) is 14.3 Å². The zero-order valence-corrected chi connectivity index (χ0v) is 18.2. The molecule has 2 aliphatic rings. The second-order valence-electron chi connectivity index (χ2n) is 8.31. The lowest BCUT2D eigenvalue weighted by molar-refractivity contribution is -0.129.